The van der Waals surface area contributed by atoms with E-state index < -0.39 is 6.10 Å². The van der Waals surface area contributed by atoms with Crippen molar-refractivity contribution in [3.05, 3.63) is 134 Å². The average Bonchev–Trinajstić information content (AvgIpc) is 3.49. The van der Waals surface area contributed by atoms with Crippen LogP contribution < -0.4 is 0 Å². The number of ether oxygens (including phenoxy) is 3. The van der Waals surface area contributed by atoms with Gasteiger partial charge in [0.2, 0.25) is 0 Å². The van der Waals surface area contributed by atoms with Gasteiger partial charge in [-0.15, -0.1) is 0 Å². The predicted molar refractivity (Wildman–Crippen MR) is 362 cm³/mol. The number of esters is 3. The molecule has 6 nitrogen and oxygen atoms in total. The van der Waals surface area contributed by atoms with E-state index in [1.165, 1.54) is 122 Å². The van der Waals surface area contributed by atoms with Gasteiger partial charge in [-0.1, -0.05) is 315 Å². The van der Waals surface area contributed by atoms with Crippen molar-refractivity contribution < 1.29 is 28.6 Å². The number of carbonyl (C=O) groups is 3. The second-order valence-electron chi connectivity index (χ2n) is 22.7. The summed E-state index contributed by atoms with van der Waals surface area (Å²) < 4.78 is 16.9. The topological polar surface area (TPSA) is 78.9 Å². The molecular formula is C77H128O6. The molecule has 83 heavy (non-hydrogen) atoms. The highest BCUT2D eigenvalue weighted by molar-refractivity contribution is 5.71. The quantitative estimate of drug-likeness (QED) is 0.0261. The fraction of sp³-hybridized carbons (Fsp3) is 0.675. The average molecular weight is 1150 g/mol. The molecule has 0 saturated carbocycles. The lowest BCUT2D eigenvalue weighted by atomic mass is 10.0. The van der Waals surface area contributed by atoms with E-state index >= 15 is 0 Å². The maximum Gasteiger partial charge on any atom is 0.306 e. The molecule has 1 atom stereocenters. The van der Waals surface area contributed by atoms with Crippen LogP contribution in [-0.2, 0) is 28.6 Å². The molecular weight excluding hydrogens is 1020 g/mol. The normalized spacial score (nSPS) is 13.0. The van der Waals surface area contributed by atoms with Crippen LogP contribution in [0, 0.1) is 0 Å². The van der Waals surface area contributed by atoms with E-state index in [0.717, 1.165) is 154 Å². The van der Waals surface area contributed by atoms with Gasteiger partial charge in [0.15, 0.2) is 6.10 Å². The van der Waals surface area contributed by atoms with Crippen LogP contribution >= 0.6 is 0 Å². The zero-order valence-corrected chi connectivity index (χ0v) is 54.2. The zero-order chi connectivity index (χ0) is 59.9. The number of allylic oxidation sites excluding steroid dienone is 22. The monoisotopic (exact) mass is 1150 g/mol. The van der Waals surface area contributed by atoms with Crippen LogP contribution in [0.5, 0.6) is 0 Å². The Bertz CT molecular complexity index is 1750. The third-order valence-electron chi connectivity index (χ3n) is 14.6. The van der Waals surface area contributed by atoms with Crippen LogP contribution in [0.1, 0.15) is 316 Å². The molecule has 0 aromatic rings. The van der Waals surface area contributed by atoms with E-state index in [2.05, 4.69) is 154 Å². The van der Waals surface area contributed by atoms with Crippen molar-refractivity contribution in [3.63, 3.8) is 0 Å². The van der Waals surface area contributed by atoms with Crippen LogP contribution in [0.25, 0.3) is 0 Å². The number of hydrogen-bond donors (Lipinski definition) is 0. The standard InChI is InChI=1S/C77H128O6/c1-4-7-10-13-16-19-22-24-26-28-30-32-33-34-35-36-37-38-39-40-41-42-43-44-45-46-48-49-51-53-55-58-61-64-67-70-76(79)82-73-74(72-81-75(78)69-66-63-60-57-21-18-15-12-9-6-3)83-77(80)71-68-65-62-59-56-54-52-50-47-31-29-27-25-23-20-17-14-11-8-5-2/h7,10,12,15-16,19,24,26,30,32,34-35,37-38,40-41,43-44,46,48,51,53,74H,4-6,8-9,11,13-14,17-18,20-23,25,27-29,31,33,36,39,42,45,47,49-50,52,54-73H2,1-3H3/b10-7-,15-12-,19-16-,26-24-,32-30-,35-34-,38-37-,41-40-,44-43-,48-46-,53-51-. The maximum absolute atomic E-state index is 12.9. The van der Waals surface area contributed by atoms with Crippen molar-refractivity contribution >= 4 is 17.9 Å². The van der Waals surface area contributed by atoms with Gasteiger partial charge in [0.25, 0.3) is 0 Å². The van der Waals surface area contributed by atoms with Gasteiger partial charge in [-0.2, -0.15) is 0 Å². The molecule has 0 aliphatic carbocycles. The van der Waals surface area contributed by atoms with Crippen molar-refractivity contribution in [2.45, 2.75) is 322 Å². The minimum absolute atomic E-state index is 0.0906. The minimum Gasteiger partial charge on any atom is -0.462 e. The molecule has 1 unspecified atom stereocenters. The van der Waals surface area contributed by atoms with Gasteiger partial charge < -0.3 is 14.2 Å². The van der Waals surface area contributed by atoms with Gasteiger partial charge in [0.05, 0.1) is 0 Å². The highest BCUT2D eigenvalue weighted by Crippen LogP contribution is 2.17. The number of unbranched alkanes of at least 4 members (excludes halogenated alkanes) is 29. The summed E-state index contributed by atoms with van der Waals surface area (Å²) in [6.07, 6.45) is 99.1. The molecule has 0 aromatic heterocycles. The van der Waals surface area contributed by atoms with Gasteiger partial charge in [-0.25, -0.2) is 0 Å². The molecule has 0 bridgehead atoms. The first-order valence-electron chi connectivity index (χ1n) is 34.7. The molecule has 6 heteroatoms. The molecule has 0 aromatic carbocycles. The minimum atomic E-state index is -0.794. The molecule has 0 aliphatic heterocycles. The SMILES string of the molecule is CC/C=C\C/C=C\C/C=C\C/C=C\C/C=C\C/C=C\C/C=C\C/C=C\C/C=C\C/C=C\CCCCCCC(=O)OCC(COC(=O)CCCCCCC/C=C\CCC)OC(=O)CCCCCCCCCCCCCCCCCCCCCC. The Hall–Kier alpha value is -4.45. The molecule has 0 aliphatic rings. The summed E-state index contributed by atoms with van der Waals surface area (Å²) in [5, 5.41) is 0. The Balaban J connectivity index is 4.27. The van der Waals surface area contributed by atoms with Crippen molar-refractivity contribution in [2.24, 2.45) is 0 Å². The summed E-state index contributed by atoms with van der Waals surface area (Å²) in [6.45, 7) is 6.46. The molecule has 0 fully saturated rings. The Morgan fingerprint density at radius 1 is 0.253 bits per heavy atom. The summed E-state index contributed by atoms with van der Waals surface area (Å²) in [4.78, 5) is 38.3. The van der Waals surface area contributed by atoms with Crippen LogP contribution in [0.3, 0.4) is 0 Å². The van der Waals surface area contributed by atoms with Gasteiger partial charge in [-0.3, -0.25) is 14.4 Å². The van der Waals surface area contributed by atoms with Gasteiger partial charge in [0, 0.05) is 19.3 Å². The second kappa shape index (κ2) is 70.0. The van der Waals surface area contributed by atoms with E-state index in [-0.39, 0.29) is 31.1 Å². The van der Waals surface area contributed by atoms with Crippen LogP contribution in [-0.4, -0.2) is 37.2 Å². The summed E-state index contributed by atoms with van der Waals surface area (Å²) in [5.74, 6) is -0.919. The van der Waals surface area contributed by atoms with E-state index in [1.54, 1.807) is 0 Å². The highest BCUT2D eigenvalue weighted by Gasteiger charge is 2.19. The lowest BCUT2D eigenvalue weighted by Gasteiger charge is -2.18. The highest BCUT2D eigenvalue weighted by atomic mass is 16.6. The maximum atomic E-state index is 12.9. The van der Waals surface area contributed by atoms with Crippen molar-refractivity contribution in [1.29, 1.82) is 0 Å². The van der Waals surface area contributed by atoms with Crippen molar-refractivity contribution in [1.82, 2.24) is 0 Å². The Labute approximate surface area is 513 Å². The molecule has 0 N–H and O–H groups in total. The van der Waals surface area contributed by atoms with Crippen molar-refractivity contribution in [2.75, 3.05) is 13.2 Å². The predicted octanol–water partition coefficient (Wildman–Crippen LogP) is 24.1. The fourth-order valence-corrected chi connectivity index (χ4v) is 9.47. The molecule has 0 amide bonds. The van der Waals surface area contributed by atoms with Crippen LogP contribution in [0.4, 0.5) is 0 Å². The first-order valence-corrected chi connectivity index (χ1v) is 34.7. The summed E-state index contributed by atoms with van der Waals surface area (Å²) >= 11 is 0. The third-order valence-corrected chi connectivity index (χ3v) is 14.6. The van der Waals surface area contributed by atoms with Crippen LogP contribution in [0.15, 0.2) is 134 Å². The van der Waals surface area contributed by atoms with Gasteiger partial charge in [0.1, 0.15) is 13.2 Å². The Morgan fingerprint density at radius 2 is 0.494 bits per heavy atom. The smallest absolute Gasteiger partial charge is 0.306 e. The van der Waals surface area contributed by atoms with Gasteiger partial charge >= 0.3 is 17.9 Å². The molecule has 0 saturated heterocycles. The second-order valence-corrected chi connectivity index (χ2v) is 22.7. The first-order chi connectivity index (χ1) is 41.0. The van der Waals surface area contributed by atoms with E-state index in [4.69, 9.17) is 14.2 Å². The molecule has 0 radical (unpaired) electrons. The fourth-order valence-electron chi connectivity index (χ4n) is 9.47. The molecule has 472 valence electrons. The Morgan fingerprint density at radius 3 is 0.795 bits per heavy atom. The first kappa shape index (κ1) is 78.5. The summed E-state index contributed by atoms with van der Waals surface area (Å²) in [5.41, 5.74) is 0. The lowest BCUT2D eigenvalue weighted by Crippen LogP contribution is -2.30. The van der Waals surface area contributed by atoms with E-state index in [1.807, 2.05) is 0 Å². The van der Waals surface area contributed by atoms with E-state index in [9.17, 15) is 14.4 Å². The molecule has 0 rings (SSSR count). The zero-order valence-electron chi connectivity index (χ0n) is 54.2. The molecule has 0 heterocycles. The van der Waals surface area contributed by atoms with Crippen molar-refractivity contribution in [3.8, 4) is 0 Å². The summed E-state index contributed by atoms with van der Waals surface area (Å²) in [7, 11) is 0. The van der Waals surface area contributed by atoms with Crippen LogP contribution in [0.2, 0.25) is 0 Å². The summed E-state index contributed by atoms with van der Waals surface area (Å²) in [6, 6.07) is 0. The third kappa shape index (κ3) is 68.2. The van der Waals surface area contributed by atoms with Gasteiger partial charge in [-0.05, 0) is 116 Å². The molecule has 0 spiro atoms. The number of hydrogen-bond acceptors (Lipinski definition) is 6. The Kier molecular flexibility index (Phi) is 66.3. The largest absolute Gasteiger partial charge is 0.462 e. The van der Waals surface area contributed by atoms with E-state index in [0.29, 0.717) is 19.3 Å². The lowest BCUT2D eigenvalue weighted by molar-refractivity contribution is -0.167. The number of carbonyl (C=O) groups excluding carboxylic acids is 3. The number of rotatable bonds is 62.